The summed E-state index contributed by atoms with van der Waals surface area (Å²) >= 11 is 0. The first-order valence-electron chi connectivity index (χ1n) is 7.25. The van der Waals surface area contributed by atoms with E-state index in [0.717, 1.165) is 19.3 Å². The molecule has 0 aromatic heterocycles. The summed E-state index contributed by atoms with van der Waals surface area (Å²) in [6, 6.07) is 4.65. The molecule has 3 rings (SSSR count). The quantitative estimate of drug-likeness (QED) is 0.839. The van der Waals surface area contributed by atoms with E-state index in [9.17, 15) is 14.0 Å². The minimum Gasteiger partial charge on any atom is -0.312 e. The molecule has 4 nitrogen and oxygen atoms in total. The van der Waals surface area contributed by atoms with Gasteiger partial charge in [-0.1, -0.05) is 6.08 Å². The second-order valence-electron chi connectivity index (χ2n) is 5.32. The third-order valence-corrected chi connectivity index (χ3v) is 3.90. The molecule has 0 radical (unpaired) electrons. The Bertz CT molecular complexity index is 612. The van der Waals surface area contributed by atoms with E-state index in [1.165, 1.54) is 17.0 Å². The van der Waals surface area contributed by atoms with Crippen molar-refractivity contribution in [3.63, 3.8) is 0 Å². The number of anilines is 2. The van der Waals surface area contributed by atoms with Gasteiger partial charge in [-0.25, -0.2) is 4.39 Å². The van der Waals surface area contributed by atoms with Gasteiger partial charge in [0.2, 0.25) is 5.91 Å². The smallest absolute Gasteiger partial charge is 0.250 e. The molecule has 2 heterocycles. The van der Waals surface area contributed by atoms with Gasteiger partial charge < -0.3 is 9.80 Å². The topological polar surface area (TPSA) is 40.6 Å². The van der Waals surface area contributed by atoms with Crippen LogP contribution in [0.4, 0.5) is 15.8 Å². The van der Waals surface area contributed by atoms with E-state index in [2.05, 4.69) is 0 Å². The van der Waals surface area contributed by atoms with Gasteiger partial charge in [-0.05, 0) is 43.5 Å². The number of carbonyl (C=O) groups excluding carboxylic acids is 2. The van der Waals surface area contributed by atoms with Crippen molar-refractivity contribution in [1.29, 1.82) is 0 Å². The molecule has 0 N–H and O–H groups in total. The lowest BCUT2D eigenvalue weighted by molar-refractivity contribution is -0.119. The number of nitrogens with zero attached hydrogens (tertiary/aromatic N) is 2. The van der Waals surface area contributed by atoms with Crippen LogP contribution >= 0.6 is 0 Å². The summed E-state index contributed by atoms with van der Waals surface area (Å²) in [5.74, 6) is -0.637. The highest BCUT2D eigenvalue weighted by Gasteiger charge is 2.23. The third-order valence-electron chi connectivity index (χ3n) is 3.90. The van der Waals surface area contributed by atoms with E-state index in [-0.39, 0.29) is 17.5 Å². The second-order valence-corrected chi connectivity index (χ2v) is 5.32. The SMILES string of the molecule is O=C1CCCCN1c1ccc(N2CCC=CC2=O)c(F)c1. The molecular formula is C16H17FN2O2. The van der Waals surface area contributed by atoms with Crippen LogP contribution in [-0.2, 0) is 9.59 Å². The molecule has 1 aromatic rings. The zero-order chi connectivity index (χ0) is 14.8. The molecule has 0 atom stereocenters. The van der Waals surface area contributed by atoms with Gasteiger partial charge in [0, 0.05) is 25.2 Å². The van der Waals surface area contributed by atoms with Gasteiger partial charge in [0.15, 0.2) is 0 Å². The fourth-order valence-electron chi connectivity index (χ4n) is 2.79. The number of piperidine rings is 1. The van der Waals surface area contributed by atoms with Crippen molar-refractivity contribution < 1.29 is 14.0 Å². The Morgan fingerprint density at radius 2 is 1.90 bits per heavy atom. The summed E-state index contributed by atoms with van der Waals surface area (Å²) in [4.78, 5) is 26.7. The highest BCUT2D eigenvalue weighted by Crippen LogP contribution is 2.28. The first-order valence-corrected chi connectivity index (χ1v) is 7.25. The predicted molar refractivity (Wildman–Crippen MR) is 78.7 cm³/mol. The van der Waals surface area contributed by atoms with Crippen molar-refractivity contribution in [2.45, 2.75) is 25.7 Å². The molecule has 2 amide bonds. The van der Waals surface area contributed by atoms with E-state index < -0.39 is 5.82 Å². The van der Waals surface area contributed by atoms with Crippen LogP contribution in [0.1, 0.15) is 25.7 Å². The summed E-state index contributed by atoms with van der Waals surface area (Å²) in [5.41, 5.74) is 0.846. The van der Waals surface area contributed by atoms with Crippen molar-refractivity contribution in [2.75, 3.05) is 22.9 Å². The van der Waals surface area contributed by atoms with Crippen LogP contribution in [0.15, 0.2) is 30.4 Å². The highest BCUT2D eigenvalue weighted by molar-refractivity contribution is 6.02. The monoisotopic (exact) mass is 288 g/mol. The van der Waals surface area contributed by atoms with Crippen molar-refractivity contribution in [3.8, 4) is 0 Å². The van der Waals surface area contributed by atoms with Crippen LogP contribution in [0, 0.1) is 5.82 Å². The lowest BCUT2D eigenvalue weighted by Gasteiger charge is -2.28. The molecule has 0 spiro atoms. The number of benzene rings is 1. The van der Waals surface area contributed by atoms with Crippen LogP contribution in [0.3, 0.4) is 0 Å². The minimum absolute atomic E-state index is 0.0328. The van der Waals surface area contributed by atoms with Crippen molar-refractivity contribution in [1.82, 2.24) is 0 Å². The van der Waals surface area contributed by atoms with Crippen LogP contribution in [0.25, 0.3) is 0 Å². The van der Waals surface area contributed by atoms with E-state index in [1.54, 1.807) is 23.1 Å². The Labute approximate surface area is 122 Å². The summed E-state index contributed by atoms with van der Waals surface area (Å²) < 4.78 is 14.3. The second kappa shape index (κ2) is 5.68. The summed E-state index contributed by atoms with van der Waals surface area (Å²) in [7, 11) is 0. The number of hydrogen-bond acceptors (Lipinski definition) is 2. The lowest BCUT2D eigenvalue weighted by atomic mass is 10.1. The maximum absolute atomic E-state index is 14.3. The Morgan fingerprint density at radius 1 is 1.05 bits per heavy atom. The maximum atomic E-state index is 14.3. The molecule has 0 aliphatic carbocycles. The van der Waals surface area contributed by atoms with Crippen molar-refractivity contribution >= 4 is 23.2 Å². The van der Waals surface area contributed by atoms with Gasteiger partial charge in [-0.2, -0.15) is 0 Å². The number of hydrogen-bond donors (Lipinski definition) is 0. The lowest BCUT2D eigenvalue weighted by Crippen LogP contribution is -2.36. The molecule has 1 saturated heterocycles. The van der Waals surface area contributed by atoms with Crippen LogP contribution in [0.5, 0.6) is 0 Å². The summed E-state index contributed by atoms with van der Waals surface area (Å²) in [6.45, 7) is 1.11. The third kappa shape index (κ3) is 2.68. The number of halogens is 1. The summed E-state index contributed by atoms with van der Waals surface area (Å²) in [5, 5.41) is 0. The molecule has 1 fully saturated rings. The average molecular weight is 288 g/mol. The fraction of sp³-hybridized carbons (Fsp3) is 0.375. The number of carbonyl (C=O) groups is 2. The molecule has 0 bridgehead atoms. The van der Waals surface area contributed by atoms with E-state index in [4.69, 9.17) is 0 Å². The Hall–Kier alpha value is -2.17. The molecular weight excluding hydrogens is 271 g/mol. The van der Waals surface area contributed by atoms with E-state index in [0.29, 0.717) is 25.2 Å². The molecule has 0 unspecified atom stereocenters. The predicted octanol–water partition coefficient (Wildman–Crippen LogP) is 2.64. The minimum atomic E-state index is -0.463. The van der Waals surface area contributed by atoms with Crippen LogP contribution in [0.2, 0.25) is 0 Å². The molecule has 110 valence electrons. The molecule has 2 aliphatic heterocycles. The standard InChI is InChI=1S/C16H17FN2O2/c17-13-11-12(18-9-3-1-5-15(18)20)7-8-14(13)19-10-4-2-6-16(19)21/h2,6-8,11H,1,3-5,9-10H2. The van der Waals surface area contributed by atoms with Crippen LogP contribution < -0.4 is 9.80 Å². The summed E-state index contributed by atoms with van der Waals surface area (Å²) in [6.07, 6.45) is 6.31. The first kappa shape index (κ1) is 13.8. The number of rotatable bonds is 2. The average Bonchev–Trinajstić information content (AvgIpc) is 2.49. The number of amides is 2. The first-order chi connectivity index (χ1) is 10.2. The van der Waals surface area contributed by atoms with Gasteiger partial charge in [0.25, 0.3) is 5.91 Å². The fourth-order valence-corrected chi connectivity index (χ4v) is 2.79. The van der Waals surface area contributed by atoms with Gasteiger partial charge in [0.05, 0.1) is 5.69 Å². The van der Waals surface area contributed by atoms with Gasteiger partial charge in [-0.3, -0.25) is 9.59 Å². The largest absolute Gasteiger partial charge is 0.312 e. The molecule has 2 aliphatic rings. The molecule has 0 saturated carbocycles. The van der Waals surface area contributed by atoms with Gasteiger partial charge in [-0.15, -0.1) is 0 Å². The maximum Gasteiger partial charge on any atom is 0.250 e. The van der Waals surface area contributed by atoms with Crippen molar-refractivity contribution in [2.24, 2.45) is 0 Å². The van der Waals surface area contributed by atoms with Gasteiger partial charge >= 0.3 is 0 Å². The van der Waals surface area contributed by atoms with E-state index in [1.807, 2.05) is 0 Å². The van der Waals surface area contributed by atoms with Gasteiger partial charge in [0.1, 0.15) is 5.82 Å². The Morgan fingerprint density at radius 3 is 2.62 bits per heavy atom. The molecule has 21 heavy (non-hydrogen) atoms. The Kier molecular flexibility index (Phi) is 3.73. The zero-order valence-electron chi connectivity index (χ0n) is 11.7. The molecule has 5 heteroatoms. The Balaban J connectivity index is 1.87. The normalized spacial score (nSPS) is 19.3. The van der Waals surface area contributed by atoms with Crippen LogP contribution in [-0.4, -0.2) is 24.9 Å². The zero-order valence-corrected chi connectivity index (χ0v) is 11.7. The molecule has 1 aromatic carbocycles. The van der Waals surface area contributed by atoms with E-state index >= 15 is 0 Å². The van der Waals surface area contributed by atoms with Crippen molar-refractivity contribution in [3.05, 3.63) is 36.2 Å². The highest BCUT2D eigenvalue weighted by atomic mass is 19.1.